The molecule has 0 saturated heterocycles. The number of nitrogens with one attached hydrogen (secondary N) is 2. The standard InChI is InChI=1S/C21H24N4O4/c1-25-13-12-22-20(25)19(15-7-3-4-8-16(15)28-2)24-18(26)10-5-11-23-21(27)17-9-6-14-29-17/h3-4,6-9,12-14,19H,5,10-11H2,1-2H3,(H,23,27)(H,24,26). The Bertz CT molecular complexity index is 949. The van der Waals surface area contributed by atoms with Gasteiger partial charge in [0.15, 0.2) is 5.76 Å². The lowest BCUT2D eigenvalue weighted by Crippen LogP contribution is -2.32. The molecule has 3 rings (SSSR count). The number of furan rings is 1. The minimum atomic E-state index is -0.448. The molecule has 1 unspecified atom stereocenters. The van der Waals surface area contributed by atoms with Gasteiger partial charge < -0.3 is 24.4 Å². The third kappa shape index (κ3) is 5.04. The number of benzene rings is 1. The number of carbonyl (C=O) groups excluding carboxylic acids is 2. The summed E-state index contributed by atoms with van der Waals surface area (Å²) in [4.78, 5) is 28.8. The van der Waals surface area contributed by atoms with Crippen molar-refractivity contribution in [2.75, 3.05) is 13.7 Å². The predicted octanol–water partition coefficient (Wildman–Crippen LogP) is 2.44. The van der Waals surface area contributed by atoms with Crippen LogP contribution in [0.5, 0.6) is 5.75 Å². The monoisotopic (exact) mass is 396 g/mol. The number of ether oxygens (including phenoxy) is 1. The third-order valence-electron chi connectivity index (χ3n) is 4.48. The van der Waals surface area contributed by atoms with E-state index < -0.39 is 6.04 Å². The van der Waals surface area contributed by atoms with Crippen LogP contribution in [0.2, 0.25) is 0 Å². The molecule has 0 saturated carbocycles. The van der Waals surface area contributed by atoms with E-state index in [2.05, 4.69) is 15.6 Å². The average Bonchev–Trinajstić information content (AvgIpc) is 3.41. The van der Waals surface area contributed by atoms with Crippen LogP contribution in [0, 0.1) is 0 Å². The first-order valence-electron chi connectivity index (χ1n) is 9.31. The summed E-state index contributed by atoms with van der Waals surface area (Å²) in [5, 5.41) is 5.76. The smallest absolute Gasteiger partial charge is 0.286 e. The minimum absolute atomic E-state index is 0.142. The third-order valence-corrected chi connectivity index (χ3v) is 4.48. The highest BCUT2D eigenvalue weighted by molar-refractivity contribution is 5.91. The number of nitrogens with zero attached hydrogens (tertiary/aromatic N) is 2. The van der Waals surface area contributed by atoms with E-state index >= 15 is 0 Å². The number of rotatable bonds is 9. The molecule has 29 heavy (non-hydrogen) atoms. The second kappa shape index (κ2) is 9.59. The van der Waals surface area contributed by atoms with Gasteiger partial charge in [-0.05, 0) is 24.6 Å². The fourth-order valence-electron chi connectivity index (χ4n) is 3.02. The van der Waals surface area contributed by atoms with Gasteiger partial charge in [-0.2, -0.15) is 0 Å². The van der Waals surface area contributed by atoms with Crippen LogP contribution in [0.1, 0.15) is 40.8 Å². The van der Waals surface area contributed by atoms with Gasteiger partial charge >= 0.3 is 0 Å². The van der Waals surface area contributed by atoms with Crippen LogP contribution in [0.4, 0.5) is 0 Å². The van der Waals surface area contributed by atoms with E-state index in [0.717, 1.165) is 5.56 Å². The van der Waals surface area contributed by atoms with Crippen LogP contribution in [0.15, 0.2) is 59.5 Å². The lowest BCUT2D eigenvalue weighted by atomic mass is 10.0. The summed E-state index contributed by atoms with van der Waals surface area (Å²) >= 11 is 0. The van der Waals surface area contributed by atoms with E-state index in [1.165, 1.54) is 6.26 Å². The van der Waals surface area contributed by atoms with E-state index in [0.29, 0.717) is 24.5 Å². The van der Waals surface area contributed by atoms with Gasteiger partial charge in [0.2, 0.25) is 5.91 Å². The van der Waals surface area contributed by atoms with Crippen molar-refractivity contribution >= 4 is 11.8 Å². The normalized spacial score (nSPS) is 11.7. The molecule has 8 nitrogen and oxygen atoms in total. The van der Waals surface area contributed by atoms with Crippen LogP contribution in [-0.2, 0) is 11.8 Å². The quantitative estimate of drug-likeness (QED) is 0.542. The number of hydrogen-bond acceptors (Lipinski definition) is 5. The molecule has 1 aromatic carbocycles. The van der Waals surface area contributed by atoms with Crippen molar-refractivity contribution in [2.24, 2.45) is 7.05 Å². The maximum absolute atomic E-state index is 12.6. The van der Waals surface area contributed by atoms with Gasteiger partial charge in [-0.25, -0.2) is 4.98 Å². The number of carbonyl (C=O) groups is 2. The maximum atomic E-state index is 12.6. The van der Waals surface area contributed by atoms with Crippen molar-refractivity contribution in [3.05, 3.63) is 72.2 Å². The zero-order chi connectivity index (χ0) is 20.6. The lowest BCUT2D eigenvalue weighted by Gasteiger charge is -2.21. The summed E-state index contributed by atoms with van der Waals surface area (Å²) < 4.78 is 12.4. The summed E-state index contributed by atoms with van der Waals surface area (Å²) in [7, 11) is 3.47. The molecule has 2 aromatic heterocycles. The fourth-order valence-corrected chi connectivity index (χ4v) is 3.02. The van der Waals surface area contributed by atoms with E-state index in [4.69, 9.17) is 9.15 Å². The van der Waals surface area contributed by atoms with E-state index in [-0.39, 0.29) is 24.0 Å². The van der Waals surface area contributed by atoms with Crippen molar-refractivity contribution in [1.82, 2.24) is 20.2 Å². The Morgan fingerprint density at radius 2 is 2.07 bits per heavy atom. The molecule has 3 aromatic rings. The minimum Gasteiger partial charge on any atom is -0.496 e. The molecule has 0 aliphatic rings. The molecular formula is C21H24N4O4. The summed E-state index contributed by atoms with van der Waals surface area (Å²) in [6, 6.07) is 10.3. The van der Waals surface area contributed by atoms with Crippen LogP contribution >= 0.6 is 0 Å². The van der Waals surface area contributed by atoms with Crippen LogP contribution in [-0.4, -0.2) is 35.0 Å². The Morgan fingerprint density at radius 1 is 1.24 bits per heavy atom. The molecule has 0 aliphatic carbocycles. The van der Waals surface area contributed by atoms with Crippen molar-refractivity contribution in [3.8, 4) is 5.75 Å². The van der Waals surface area contributed by atoms with Gasteiger partial charge in [0.05, 0.1) is 13.4 Å². The number of hydrogen-bond donors (Lipinski definition) is 2. The topological polar surface area (TPSA) is 98.4 Å². The number of imidazole rings is 1. The Balaban J connectivity index is 1.61. The highest BCUT2D eigenvalue weighted by Gasteiger charge is 2.23. The first kappa shape index (κ1) is 20.2. The average molecular weight is 396 g/mol. The second-order valence-corrected chi connectivity index (χ2v) is 6.48. The van der Waals surface area contributed by atoms with Gasteiger partial charge in [0.1, 0.15) is 17.6 Å². The molecular weight excluding hydrogens is 372 g/mol. The van der Waals surface area contributed by atoms with E-state index in [1.54, 1.807) is 25.4 Å². The van der Waals surface area contributed by atoms with Gasteiger partial charge in [0.25, 0.3) is 5.91 Å². The van der Waals surface area contributed by atoms with Crippen LogP contribution in [0.3, 0.4) is 0 Å². The van der Waals surface area contributed by atoms with Crippen molar-refractivity contribution in [1.29, 1.82) is 0 Å². The molecule has 0 radical (unpaired) electrons. The SMILES string of the molecule is COc1ccccc1C(NC(=O)CCCNC(=O)c1ccco1)c1nccn1C. The molecule has 1 atom stereocenters. The largest absolute Gasteiger partial charge is 0.496 e. The molecule has 2 amide bonds. The lowest BCUT2D eigenvalue weighted by molar-refractivity contribution is -0.121. The molecule has 0 spiro atoms. The molecule has 0 fully saturated rings. The maximum Gasteiger partial charge on any atom is 0.286 e. The van der Waals surface area contributed by atoms with Gasteiger partial charge in [-0.15, -0.1) is 0 Å². The van der Waals surface area contributed by atoms with Crippen molar-refractivity contribution in [3.63, 3.8) is 0 Å². The van der Waals surface area contributed by atoms with Gasteiger partial charge in [-0.3, -0.25) is 9.59 Å². The Morgan fingerprint density at radius 3 is 2.76 bits per heavy atom. The highest BCUT2D eigenvalue weighted by Crippen LogP contribution is 2.29. The van der Waals surface area contributed by atoms with Gasteiger partial charge in [-0.1, -0.05) is 18.2 Å². The number of amides is 2. The van der Waals surface area contributed by atoms with Crippen LogP contribution < -0.4 is 15.4 Å². The molecule has 2 heterocycles. The van der Waals surface area contributed by atoms with Gasteiger partial charge in [0, 0.05) is 38.0 Å². The molecule has 0 bridgehead atoms. The summed E-state index contributed by atoms with van der Waals surface area (Å²) in [5.74, 6) is 1.19. The fraction of sp³-hybridized carbons (Fsp3) is 0.286. The van der Waals surface area contributed by atoms with E-state index in [1.807, 2.05) is 42.1 Å². The number of aryl methyl sites for hydroxylation is 1. The van der Waals surface area contributed by atoms with Crippen molar-refractivity contribution < 1.29 is 18.7 Å². The molecule has 8 heteroatoms. The Labute approximate surface area is 168 Å². The Hall–Kier alpha value is -3.55. The second-order valence-electron chi connectivity index (χ2n) is 6.48. The first-order chi connectivity index (χ1) is 14.1. The molecule has 152 valence electrons. The van der Waals surface area contributed by atoms with Crippen LogP contribution in [0.25, 0.3) is 0 Å². The predicted molar refractivity (Wildman–Crippen MR) is 106 cm³/mol. The zero-order valence-corrected chi connectivity index (χ0v) is 16.4. The van der Waals surface area contributed by atoms with Crippen molar-refractivity contribution in [2.45, 2.75) is 18.9 Å². The van der Waals surface area contributed by atoms with E-state index in [9.17, 15) is 9.59 Å². The zero-order valence-electron chi connectivity index (χ0n) is 16.4. The number of para-hydroxylation sites is 1. The Kier molecular flexibility index (Phi) is 6.67. The summed E-state index contributed by atoms with van der Waals surface area (Å²) in [6.07, 6.45) is 5.71. The number of methoxy groups -OCH3 is 1. The number of aromatic nitrogens is 2. The molecule has 2 N–H and O–H groups in total. The summed E-state index contributed by atoms with van der Waals surface area (Å²) in [5.41, 5.74) is 0.823. The molecule has 0 aliphatic heterocycles. The highest BCUT2D eigenvalue weighted by atomic mass is 16.5. The first-order valence-corrected chi connectivity index (χ1v) is 9.31. The summed E-state index contributed by atoms with van der Waals surface area (Å²) in [6.45, 7) is 0.370.